The van der Waals surface area contributed by atoms with E-state index in [1.165, 1.54) is 9.75 Å². The van der Waals surface area contributed by atoms with E-state index in [2.05, 4.69) is 27.2 Å². The zero-order valence-corrected chi connectivity index (χ0v) is 18.0. The number of hydrogen-bond donors (Lipinski definition) is 2. The molecule has 10 heteroatoms. The summed E-state index contributed by atoms with van der Waals surface area (Å²) in [4.78, 5) is 15.5. The molecule has 25 heavy (non-hydrogen) atoms. The third-order valence-electron chi connectivity index (χ3n) is 3.42. The van der Waals surface area contributed by atoms with Gasteiger partial charge in [0.05, 0.1) is 16.8 Å². The van der Waals surface area contributed by atoms with Gasteiger partial charge in [0.1, 0.15) is 10.8 Å². The highest BCUT2D eigenvalue weighted by molar-refractivity contribution is 7.19. The van der Waals surface area contributed by atoms with Crippen LogP contribution in [-0.4, -0.2) is 21.0 Å². The van der Waals surface area contributed by atoms with Gasteiger partial charge in [0.15, 0.2) is 0 Å². The maximum absolute atomic E-state index is 6.10. The van der Waals surface area contributed by atoms with Gasteiger partial charge < -0.3 is 11.1 Å². The minimum absolute atomic E-state index is 0. The maximum atomic E-state index is 6.10. The molecule has 0 bridgehead atoms. The van der Waals surface area contributed by atoms with Crippen molar-refractivity contribution in [3.05, 3.63) is 31.8 Å². The van der Waals surface area contributed by atoms with Crippen LogP contribution >= 0.6 is 59.1 Å². The van der Waals surface area contributed by atoms with Crippen molar-refractivity contribution in [1.82, 2.24) is 15.0 Å². The fraction of sp³-hybridized carbons (Fsp3) is 0.400. The van der Waals surface area contributed by atoms with Gasteiger partial charge in [0.2, 0.25) is 5.28 Å². The molecule has 0 aromatic carbocycles. The molecular formula is C15H20Cl3N5S2. The lowest BCUT2D eigenvalue weighted by Crippen LogP contribution is -2.17. The van der Waals surface area contributed by atoms with E-state index in [9.17, 15) is 0 Å². The molecule has 0 amide bonds. The zero-order valence-electron chi connectivity index (χ0n) is 14.0. The van der Waals surface area contributed by atoms with Crippen molar-refractivity contribution < 1.29 is 0 Å². The number of thiazole rings is 1. The van der Waals surface area contributed by atoms with Crippen LogP contribution in [0.4, 0.5) is 5.82 Å². The Morgan fingerprint density at radius 2 is 1.96 bits per heavy atom. The summed E-state index contributed by atoms with van der Waals surface area (Å²) in [5, 5.41) is 4.62. The van der Waals surface area contributed by atoms with Gasteiger partial charge in [0.25, 0.3) is 0 Å². The number of anilines is 1. The first-order valence-electron chi connectivity index (χ1n) is 7.30. The molecule has 0 saturated carbocycles. The molecule has 0 fully saturated rings. The smallest absolute Gasteiger partial charge is 0.224 e. The number of nitrogens with one attached hydrogen (secondary N) is 1. The van der Waals surface area contributed by atoms with Gasteiger partial charge in [-0.3, -0.25) is 0 Å². The highest BCUT2D eigenvalue weighted by atomic mass is 35.5. The van der Waals surface area contributed by atoms with Crippen LogP contribution in [0.3, 0.4) is 0 Å². The number of thiophene rings is 1. The van der Waals surface area contributed by atoms with Gasteiger partial charge in [-0.25, -0.2) is 9.97 Å². The molecule has 138 valence electrons. The molecule has 0 unspecified atom stereocenters. The molecule has 1 atom stereocenters. The average molecular weight is 441 g/mol. The first-order valence-corrected chi connectivity index (χ1v) is 9.31. The first-order chi connectivity index (χ1) is 10.9. The summed E-state index contributed by atoms with van der Waals surface area (Å²) in [7, 11) is 0. The number of fused-ring (bicyclic) bond motifs is 1. The van der Waals surface area contributed by atoms with Crippen molar-refractivity contribution in [2.75, 3.05) is 5.32 Å². The molecule has 3 rings (SSSR count). The highest BCUT2D eigenvalue weighted by Gasteiger charge is 2.16. The number of hydrogen-bond acceptors (Lipinski definition) is 7. The summed E-state index contributed by atoms with van der Waals surface area (Å²) < 4.78 is 1.02. The Kier molecular flexibility index (Phi) is 8.31. The zero-order chi connectivity index (χ0) is 16.6. The number of aromatic nitrogens is 3. The molecule has 0 radical (unpaired) electrons. The van der Waals surface area contributed by atoms with Crippen molar-refractivity contribution in [2.45, 2.75) is 39.8 Å². The SMILES string of the molecule is Cc1cnc(CNc2nc(Cl)nc3c(C)c(C[C@H](C)N)sc23)s1.Cl.Cl. The molecule has 0 saturated heterocycles. The van der Waals surface area contributed by atoms with E-state index in [-0.39, 0.29) is 36.1 Å². The second-order valence-electron chi connectivity index (χ2n) is 5.57. The predicted molar refractivity (Wildman–Crippen MR) is 113 cm³/mol. The molecule has 3 aromatic rings. The Morgan fingerprint density at radius 3 is 2.56 bits per heavy atom. The summed E-state index contributed by atoms with van der Waals surface area (Å²) in [6.45, 7) is 6.74. The minimum atomic E-state index is 0. The number of nitrogens with zero attached hydrogens (tertiary/aromatic N) is 3. The van der Waals surface area contributed by atoms with E-state index >= 15 is 0 Å². The van der Waals surface area contributed by atoms with E-state index < -0.39 is 0 Å². The van der Waals surface area contributed by atoms with E-state index in [0.29, 0.717) is 6.54 Å². The molecule has 0 aliphatic heterocycles. The maximum Gasteiger partial charge on any atom is 0.224 e. The van der Waals surface area contributed by atoms with Crippen LogP contribution in [0.2, 0.25) is 5.28 Å². The van der Waals surface area contributed by atoms with Crippen LogP contribution in [0.15, 0.2) is 6.20 Å². The Labute approximate surface area is 172 Å². The van der Waals surface area contributed by atoms with Gasteiger partial charge in [-0.1, -0.05) is 0 Å². The third kappa shape index (κ3) is 5.15. The number of halogens is 3. The lowest BCUT2D eigenvalue weighted by Gasteiger charge is -2.05. The number of rotatable bonds is 5. The van der Waals surface area contributed by atoms with E-state index in [1.807, 2.05) is 20.0 Å². The van der Waals surface area contributed by atoms with Crippen LogP contribution in [0.25, 0.3) is 10.2 Å². The Morgan fingerprint density at radius 1 is 1.24 bits per heavy atom. The van der Waals surface area contributed by atoms with Crippen molar-refractivity contribution in [1.29, 1.82) is 0 Å². The highest BCUT2D eigenvalue weighted by Crippen LogP contribution is 2.35. The van der Waals surface area contributed by atoms with E-state index in [4.69, 9.17) is 17.3 Å². The van der Waals surface area contributed by atoms with Gasteiger partial charge in [0, 0.05) is 22.0 Å². The van der Waals surface area contributed by atoms with Crippen LogP contribution in [0, 0.1) is 13.8 Å². The normalized spacial score (nSPS) is 11.7. The standard InChI is InChI=1S/C15H18ClN5S2.2ClH/c1-7(17)4-10-9(3)12-13(23-10)14(21-15(16)20-12)19-6-11-18-5-8(2)22-11;;/h5,7H,4,6,17H2,1-3H3,(H,19,20,21);2*1H/t7-;;/m0../s1. The van der Waals surface area contributed by atoms with Crippen molar-refractivity contribution in [2.24, 2.45) is 5.73 Å². The second-order valence-corrected chi connectivity index (χ2v) is 8.33. The number of nitrogens with two attached hydrogens (primary N) is 1. The first kappa shape index (κ1) is 22.3. The summed E-state index contributed by atoms with van der Waals surface area (Å²) in [5.74, 6) is 0.761. The minimum Gasteiger partial charge on any atom is -0.362 e. The van der Waals surface area contributed by atoms with Crippen LogP contribution < -0.4 is 11.1 Å². The van der Waals surface area contributed by atoms with Gasteiger partial charge in [-0.15, -0.1) is 47.5 Å². The molecular weight excluding hydrogens is 421 g/mol. The average Bonchev–Trinajstić information content (AvgIpc) is 3.02. The summed E-state index contributed by atoms with van der Waals surface area (Å²) >= 11 is 9.46. The lowest BCUT2D eigenvalue weighted by molar-refractivity contribution is 0.744. The molecule has 0 aliphatic rings. The summed E-state index contributed by atoms with van der Waals surface area (Å²) in [6.07, 6.45) is 2.70. The summed E-state index contributed by atoms with van der Waals surface area (Å²) in [5.41, 5.74) is 7.99. The Bertz CT molecular complexity index is 847. The fourth-order valence-electron chi connectivity index (χ4n) is 2.36. The second kappa shape index (κ2) is 9.30. The van der Waals surface area contributed by atoms with Gasteiger partial charge in [-0.2, -0.15) is 4.98 Å². The van der Waals surface area contributed by atoms with Gasteiger partial charge >= 0.3 is 0 Å². The van der Waals surface area contributed by atoms with Crippen LogP contribution in [0.5, 0.6) is 0 Å². The molecule has 3 heterocycles. The topological polar surface area (TPSA) is 76.7 Å². The third-order valence-corrected chi connectivity index (χ3v) is 5.81. The quantitative estimate of drug-likeness (QED) is 0.559. The molecule has 5 nitrogen and oxygen atoms in total. The van der Waals surface area contributed by atoms with Gasteiger partial charge in [-0.05, 0) is 44.4 Å². The lowest BCUT2D eigenvalue weighted by atomic mass is 10.1. The fourth-order valence-corrected chi connectivity index (χ4v) is 4.60. The monoisotopic (exact) mass is 439 g/mol. The molecule has 3 aromatic heterocycles. The van der Waals surface area contributed by atoms with Crippen molar-refractivity contribution >= 4 is 75.1 Å². The molecule has 0 aliphatic carbocycles. The Hall–Kier alpha value is -0.700. The molecule has 0 spiro atoms. The van der Waals surface area contributed by atoms with E-state index in [0.717, 1.165) is 33.0 Å². The van der Waals surface area contributed by atoms with Crippen LogP contribution in [-0.2, 0) is 13.0 Å². The van der Waals surface area contributed by atoms with Crippen molar-refractivity contribution in [3.63, 3.8) is 0 Å². The molecule has 3 N–H and O–H groups in total. The predicted octanol–water partition coefficient (Wildman–Crippen LogP) is 4.76. The van der Waals surface area contributed by atoms with Crippen LogP contribution in [0.1, 0.15) is 27.2 Å². The van der Waals surface area contributed by atoms with Crippen molar-refractivity contribution in [3.8, 4) is 0 Å². The Balaban J connectivity index is 0.00000156. The van der Waals surface area contributed by atoms with E-state index in [1.54, 1.807) is 22.7 Å². The largest absolute Gasteiger partial charge is 0.362 e. The number of aryl methyl sites for hydroxylation is 2. The summed E-state index contributed by atoms with van der Waals surface area (Å²) in [6, 6.07) is 0.111.